The van der Waals surface area contributed by atoms with E-state index in [2.05, 4.69) is 10.4 Å². The fourth-order valence-electron chi connectivity index (χ4n) is 2.85. The molecule has 1 aromatic heterocycles. The summed E-state index contributed by atoms with van der Waals surface area (Å²) < 4.78 is 7.28. The molecule has 1 heterocycles. The van der Waals surface area contributed by atoms with E-state index >= 15 is 0 Å². The molecule has 1 amide bonds. The van der Waals surface area contributed by atoms with Gasteiger partial charge in [0.15, 0.2) is 0 Å². The molecule has 27 heavy (non-hydrogen) atoms. The highest BCUT2D eigenvalue weighted by Gasteiger charge is 2.19. The second kappa shape index (κ2) is 8.31. The van der Waals surface area contributed by atoms with Crippen molar-refractivity contribution in [3.63, 3.8) is 0 Å². The first kappa shape index (κ1) is 18.4. The molecule has 6 nitrogen and oxygen atoms in total. The van der Waals surface area contributed by atoms with Crippen LogP contribution in [0.5, 0.6) is 5.75 Å². The zero-order valence-electron chi connectivity index (χ0n) is 15.3. The molecule has 138 valence electrons. The summed E-state index contributed by atoms with van der Waals surface area (Å²) in [6.07, 6.45) is 2.18. The molecule has 0 aliphatic carbocycles. The van der Waals surface area contributed by atoms with Gasteiger partial charge in [0.2, 0.25) is 0 Å². The number of benzene rings is 2. The largest absolute Gasteiger partial charge is 0.423 e. The van der Waals surface area contributed by atoms with Crippen LogP contribution in [-0.2, 0) is 13.0 Å². The first-order valence-electron chi connectivity index (χ1n) is 8.75. The fourth-order valence-corrected chi connectivity index (χ4v) is 2.85. The van der Waals surface area contributed by atoms with E-state index in [4.69, 9.17) is 4.74 Å². The quantitative estimate of drug-likeness (QED) is 0.540. The number of carbonyl (C=O) groups excluding carboxylic acids is 2. The molecule has 0 saturated heterocycles. The van der Waals surface area contributed by atoms with Gasteiger partial charge in [-0.25, -0.2) is 4.79 Å². The van der Waals surface area contributed by atoms with Crippen molar-refractivity contribution in [1.82, 2.24) is 15.1 Å². The molecule has 0 saturated carbocycles. The Balaban J connectivity index is 1.80. The summed E-state index contributed by atoms with van der Waals surface area (Å²) >= 11 is 0. The van der Waals surface area contributed by atoms with Crippen molar-refractivity contribution in [2.45, 2.75) is 19.9 Å². The topological polar surface area (TPSA) is 73.2 Å². The number of hydrogen-bond acceptors (Lipinski definition) is 4. The molecule has 2 aromatic carbocycles. The van der Waals surface area contributed by atoms with E-state index in [9.17, 15) is 9.59 Å². The number of hydrogen-bond donors (Lipinski definition) is 1. The van der Waals surface area contributed by atoms with Gasteiger partial charge in [0.05, 0.1) is 18.4 Å². The highest BCUT2D eigenvalue weighted by atomic mass is 16.5. The molecule has 6 heteroatoms. The van der Waals surface area contributed by atoms with Crippen molar-refractivity contribution in [3.05, 3.63) is 83.2 Å². The van der Waals surface area contributed by atoms with Crippen molar-refractivity contribution in [3.8, 4) is 5.75 Å². The summed E-state index contributed by atoms with van der Waals surface area (Å²) in [7, 11) is 1.55. The molecule has 3 aromatic rings. The van der Waals surface area contributed by atoms with Gasteiger partial charge in [-0.1, -0.05) is 43.3 Å². The van der Waals surface area contributed by atoms with Gasteiger partial charge in [-0.3, -0.25) is 9.48 Å². The summed E-state index contributed by atoms with van der Waals surface area (Å²) in [5.74, 6) is -0.406. The zero-order valence-corrected chi connectivity index (χ0v) is 15.3. The van der Waals surface area contributed by atoms with E-state index in [1.807, 2.05) is 41.9 Å². The number of nitrogens with one attached hydrogen (secondary N) is 1. The van der Waals surface area contributed by atoms with E-state index < -0.39 is 5.97 Å². The SMILES string of the molecule is CCc1c(C(=O)Oc2cccc(C(=O)NC)c2)cnn1Cc1ccccc1. The smallest absolute Gasteiger partial charge is 0.347 e. The van der Waals surface area contributed by atoms with Gasteiger partial charge < -0.3 is 10.1 Å². The van der Waals surface area contributed by atoms with Crippen LogP contribution in [0.15, 0.2) is 60.8 Å². The van der Waals surface area contributed by atoms with Crippen molar-refractivity contribution >= 4 is 11.9 Å². The number of esters is 1. The molecule has 0 aliphatic heterocycles. The minimum atomic E-state index is -0.486. The zero-order chi connectivity index (χ0) is 19.2. The second-order valence-corrected chi connectivity index (χ2v) is 6.00. The van der Waals surface area contributed by atoms with Crippen LogP contribution in [-0.4, -0.2) is 28.7 Å². The second-order valence-electron chi connectivity index (χ2n) is 6.00. The Hall–Kier alpha value is -3.41. The third-order valence-electron chi connectivity index (χ3n) is 4.21. The lowest BCUT2D eigenvalue weighted by Crippen LogP contribution is -2.18. The highest BCUT2D eigenvalue weighted by molar-refractivity contribution is 5.95. The number of ether oxygens (including phenoxy) is 1. The van der Waals surface area contributed by atoms with Crippen LogP contribution < -0.4 is 10.1 Å². The minimum absolute atomic E-state index is 0.238. The Morgan fingerprint density at radius 1 is 1.11 bits per heavy atom. The van der Waals surface area contributed by atoms with Crippen LogP contribution in [0.25, 0.3) is 0 Å². The Morgan fingerprint density at radius 2 is 1.89 bits per heavy atom. The van der Waals surface area contributed by atoms with Crippen LogP contribution >= 0.6 is 0 Å². The average Bonchev–Trinajstić information content (AvgIpc) is 3.11. The van der Waals surface area contributed by atoms with Gasteiger partial charge in [-0.05, 0) is 30.2 Å². The van der Waals surface area contributed by atoms with Gasteiger partial charge >= 0.3 is 5.97 Å². The van der Waals surface area contributed by atoms with Crippen LogP contribution in [0.1, 0.15) is 38.9 Å². The molecule has 0 atom stereocenters. The fraction of sp³-hybridized carbons (Fsp3) is 0.190. The van der Waals surface area contributed by atoms with Crippen molar-refractivity contribution in [1.29, 1.82) is 0 Å². The Morgan fingerprint density at radius 3 is 2.59 bits per heavy atom. The summed E-state index contributed by atoms with van der Waals surface area (Å²) in [6.45, 7) is 2.56. The first-order chi connectivity index (χ1) is 13.1. The van der Waals surface area contributed by atoms with E-state index in [-0.39, 0.29) is 5.91 Å². The van der Waals surface area contributed by atoms with Gasteiger partial charge in [0.25, 0.3) is 5.91 Å². The molecule has 1 N–H and O–H groups in total. The molecule has 0 spiro atoms. The third-order valence-corrected chi connectivity index (χ3v) is 4.21. The summed E-state index contributed by atoms with van der Waals surface area (Å²) in [5.41, 5.74) is 2.77. The Bertz CT molecular complexity index is 948. The van der Waals surface area contributed by atoms with Gasteiger partial charge in [0, 0.05) is 12.6 Å². The highest BCUT2D eigenvalue weighted by Crippen LogP contribution is 2.18. The molecular weight excluding hydrogens is 342 g/mol. The number of aromatic nitrogens is 2. The predicted molar refractivity (Wildman–Crippen MR) is 102 cm³/mol. The monoisotopic (exact) mass is 363 g/mol. The standard InChI is InChI=1S/C21H21N3O3/c1-3-19-18(13-23-24(19)14-15-8-5-4-6-9-15)21(26)27-17-11-7-10-16(12-17)20(25)22-2/h4-13H,3,14H2,1-2H3,(H,22,25). The van der Waals surface area contributed by atoms with Gasteiger partial charge in [-0.2, -0.15) is 5.10 Å². The average molecular weight is 363 g/mol. The number of carbonyl (C=O) groups is 2. The maximum Gasteiger partial charge on any atom is 0.347 e. The lowest BCUT2D eigenvalue weighted by molar-refractivity contribution is 0.0732. The molecule has 0 aliphatic rings. The summed E-state index contributed by atoms with van der Waals surface area (Å²) in [5, 5.41) is 6.90. The normalized spacial score (nSPS) is 10.4. The van der Waals surface area contributed by atoms with Gasteiger partial charge in [0.1, 0.15) is 11.3 Å². The maximum absolute atomic E-state index is 12.6. The maximum atomic E-state index is 12.6. The van der Waals surface area contributed by atoms with Crippen LogP contribution in [0.3, 0.4) is 0 Å². The number of amides is 1. The number of rotatable bonds is 6. The van der Waals surface area contributed by atoms with E-state index in [0.29, 0.717) is 29.8 Å². The van der Waals surface area contributed by atoms with E-state index in [1.54, 1.807) is 25.2 Å². The van der Waals surface area contributed by atoms with Crippen LogP contribution in [0.2, 0.25) is 0 Å². The lowest BCUT2D eigenvalue weighted by Gasteiger charge is -2.09. The Kier molecular flexibility index (Phi) is 5.66. The molecular formula is C21H21N3O3. The molecule has 0 unspecified atom stereocenters. The van der Waals surface area contributed by atoms with Crippen molar-refractivity contribution < 1.29 is 14.3 Å². The predicted octanol–water partition coefficient (Wildman–Crippen LogP) is 3.07. The Labute approximate surface area is 157 Å². The van der Waals surface area contributed by atoms with E-state index in [1.165, 1.54) is 12.3 Å². The molecule has 3 rings (SSSR count). The first-order valence-corrected chi connectivity index (χ1v) is 8.75. The number of nitrogens with zero attached hydrogens (tertiary/aromatic N) is 2. The third kappa shape index (κ3) is 4.23. The van der Waals surface area contributed by atoms with E-state index in [0.717, 1.165) is 11.3 Å². The summed E-state index contributed by atoms with van der Waals surface area (Å²) in [6, 6.07) is 16.5. The molecule has 0 fully saturated rings. The minimum Gasteiger partial charge on any atom is -0.423 e. The summed E-state index contributed by atoms with van der Waals surface area (Å²) in [4.78, 5) is 24.4. The van der Waals surface area contributed by atoms with Gasteiger partial charge in [-0.15, -0.1) is 0 Å². The molecule has 0 bridgehead atoms. The molecule has 0 radical (unpaired) electrons. The van der Waals surface area contributed by atoms with Crippen LogP contribution in [0.4, 0.5) is 0 Å². The lowest BCUT2D eigenvalue weighted by atomic mass is 10.2. The van der Waals surface area contributed by atoms with Crippen molar-refractivity contribution in [2.24, 2.45) is 0 Å². The van der Waals surface area contributed by atoms with Crippen molar-refractivity contribution in [2.75, 3.05) is 7.05 Å². The van der Waals surface area contributed by atoms with Crippen LogP contribution in [0, 0.1) is 0 Å².